The number of ether oxygens (including phenoxy) is 1. The molecule has 0 radical (unpaired) electrons. The van der Waals surface area contributed by atoms with Crippen molar-refractivity contribution in [1.29, 1.82) is 0 Å². The van der Waals surface area contributed by atoms with E-state index < -0.39 is 17.4 Å². The number of pyridine rings is 1. The minimum atomic E-state index is -1.26. The lowest BCUT2D eigenvalue weighted by Gasteiger charge is -2.33. The minimum absolute atomic E-state index is 0.132. The van der Waals surface area contributed by atoms with E-state index in [2.05, 4.69) is 42.6 Å². The second kappa shape index (κ2) is 11.7. The lowest BCUT2D eigenvalue weighted by Crippen LogP contribution is -2.38. The molecule has 12 heteroatoms. The molecule has 2 amide bonds. The van der Waals surface area contributed by atoms with E-state index in [9.17, 15) is 14.7 Å². The number of hydrogen-bond acceptors (Lipinski definition) is 8. The Labute approximate surface area is 255 Å². The van der Waals surface area contributed by atoms with Crippen LogP contribution in [0.3, 0.4) is 0 Å². The van der Waals surface area contributed by atoms with Crippen LogP contribution in [0.15, 0.2) is 48.7 Å². The molecular weight excluding hydrogens is 560 g/mol. The van der Waals surface area contributed by atoms with Crippen LogP contribution < -0.4 is 20.3 Å². The summed E-state index contributed by atoms with van der Waals surface area (Å²) in [6.45, 7) is 8.94. The van der Waals surface area contributed by atoms with Crippen molar-refractivity contribution in [2.45, 2.75) is 83.4 Å². The molecule has 4 aromatic rings. The summed E-state index contributed by atoms with van der Waals surface area (Å²) in [5.41, 5.74) is 2.84. The molecular formula is C32H38N8O4. The maximum atomic E-state index is 13.1. The Morgan fingerprint density at radius 3 is 2.55 bits per heavy atom. The smallest absolute Gasteiger partial charge is 0.374 e. The highest BCUT2D eigenvalue weighted by molar-refractivity contribution is 5.90. The summed E-state index contributed by atoms with van der Waals surface area (Å²) < 4.78 is 8.57. The number of nitrogens with one attached hydrogen (secondary N) is 2. The molecule has 3 N–H and O–H groups in total. The normalized spacial score (nSPS) is 20.2. The maximum absolute atomic E-state index is 13.1. The molecule has 0 unspecified atom stereocenters. The van der Waals surface area contributed by atoms with Crippen LogP contribution in [0.25, 0.3) is 5.65 Å². The Morgan fingerprint density at radius 1 is 1.00 bits per heavy atom. The Hall–Kier alpha value is -4.74. The first kappa shape index (κ1) is 29.3. The van der Waals surface area contributed by atoms with E-state index in [-0.39, 0.29) is 23.8 Å². The van der Waals surface area contributed by atoms with Gasteiger partial charge < -0.3 is 20.1 Å². The number of carbonyl (C=O) groups excluding carboxylic acids is 1. The predicted octanol–water partition coefficient (Wildman–Crippen LogP) is 5.67. The van der Waals surface area contributed by atoms with E-state index in [4.69, 9.17) is 4.74 Å². The predicted molar refractivity (Wildman–Crippen MR) is 165 cm³/mol. The Kier molecular flexibility index (Phi) is 7.83. The standard InChI is InChI=1S/C32H38N8O4/c1-19-9-7-8-16-39(19)31-38-37-27-15-12-20(18-40(27)31)44-24-14-13-23(21-10-5-6-11-22(21)24)33-30(43)36-26-17-25(32(2,3)4)34-28(35-26)29(41)42/h5-6,10-12,15,17-19,23-24H,7-9,13-14,16H2,1-4H3,(H,41,42)(H2,33,34,35,36,43)/t19-,23-,24+/m0/s1. The third-order valence-electron chi connectivity index (χ3n) is 8.36. The number of nitrogens with zero attached hydrogens (tertiary/aromatic N) is 6. The number of piperidine rings is 1. The number of aromatic carboxylic acids is 1. The van der Waals surface area contributed by atoms with Crippen LogP contribution >= 0.6 is 0 Å². The first-order valence-electron chi connectivity index (χ1n) is 15.1. The Morgan fingerprint density at radius 2 is 1.80 bits per heavy atom. The number of anilines is 2. The van der Waals surface area contributed by atoms with Crippen LogP contribution in [-0.2, 0) is 5.41 Å². The molecule has 1 fully saturated rings. The summed E-state index contributed by atoms with van der Waals surface area (Å²) in [7, 11) is 0. The fraction of sp³-hybridized carbons (Fsp3) is 0.438. The zero-order valence-electron chi connectivity index (χ0n) is 25.4. The van der Waals surface area contributed by atoms with Gasteiger partial charge in [-0.15, -0.1) is 10.2 Å². The number of carboxylic acids is 1. The highest BCUT2D eigenvalue weighted by atomic mass is 16.5. The van der Waals surface area contributed by atoms with Crippen LogP contribution in [0.2, 0.25) is 0 Å². The number of carbonyl (C=O) groups is 2. The molecule has 1 aromatic carbocycles. The number of aromatic nitrogens is 5. The number of urea groups is 1. The van der Waals surface area contributed by atoms with Gasteiger partial charge in [-0.1, -0.05) is 45.0 Å². The topological polar surface area (TPSA) is 147 Å². The number of benzene rings is 1. The summed E-state index contributed by atoms with van der Waals surface area (Å²) in [5, 5.41) is 24.1. The van der Waals surface area contributed by atoms with Gasteiger partial charge in [-0.3, -0.25) is 9.72 Å². The van der Waals surface area contributed by atoms with Crippen molar-refractivity contribution in [1.82, 2.24) is 29.9 Å². The zero-order chi connectivity index (χ0) is 31.0. The van der Waals surface area contributed by atoms with Gasteiger partial charge in [0, 0.05) is 24.1 Å². The molecule has 2 aliphatic rings. The molecule has 3 atom stereocenters. The summed E-state index contributed by atoms with van der Waals surface area (Å²) in [5.74, 6) is 0.0730. The molecule has 3 aromatic heterocycles. The van der Waals surface area contributed by atoms with E-state index in [1.54, 1.807) is 6.07 Å². The molecule has 4 heterocycles. The third-order valence-corrected chi connectivity index (χ3v) is 8.36. The minimum Gasteiger partial charge on any atom is -0.484 e. The largest absolute Gasteiger partial charge is 0.484 e. The summed E-state index contributed by atoms with van der Waals surface area (Å²) in [4.78, 5) is 35.2. The van der Waals surface area contributed by atoms with Crippen molar-refractivity contribution >= 4 is 29.4 Å². The Balaban J connectivity index is 1.19. The molecule has 230 valence electrons. The van der Waals surface area contributed by atoms with Gasteiger partial charge in [0.1, 0.15) is 17.7 Å². The molecule has 1 aliphatic heterocycles. The number of rotatable bonds is 6. The number of amides is 2. The van der Waals surface area contributed by atoms with Crippen molar-refractivity contribution in [3.8, 4) is 5.75 Å². The molecule has 0 saturated carbocycles. The molecule has 12 nitrogen and oxygen atoms in total. The van der Waals surface area contributed by atoms with Crippen LogP contribution in [-0.4, -0.2) is 54.3 Å². The lowest BCUT2D eigenvalue weighted by atomic mass is 9.85. The first-order valence-corrected chi connectivity index (χ1v) is 15.1. The van der Waals surface area contributed by atoms with Crippen molar-refractivity contribution in [2.24, 2.45) is 0 Å². The van der Waals surface area contributed by atoms with E-state index in [1.165, 1.54) is 6.42 Å². The highest BCUT2D eigenvalue weighted by Crippen LogP contribution is 2.39. The van der Waals surface area contributed by atoms with Gasteiger partial charge in [-0.2, -0.15) is 0 Å². The molecule has 1 aliphatic carbocycles. The average molecular weight is 599 g/mol. The van der Waals surface area contributed by atoms with Gasteiger partial charge in [0.15, 0.2) is 5.65 Å². The number of hydrogen-bond donors (Lipinski definition) is 3. The van der Waals surface area contributed by atoms with Crippen LogP contribution in [0.5, 0.6) is 5.75 Å². The maximum Gasteiger partial charge on any atom is 0.374 e. The van der Waals surface area contributed by atoms with Crippen LogP contribution in [0, 0.1) is 0 Å². The van der Waals surface area contributed by atoms with Crippen molar-refractivity contribution in [2.75, 3.05) is 16.8 Å². The highest BCUT2D eigenvalue weighted by Gasteiger charge is 2.30. The fourth-order valence-corrected chi connectivity index (χ4v) is 6.01. The van der Waals surface area contributed by atoms with E-state index >= 15 is 0 Å². The summed E-state index contributed by atoms with van der Waals surface area (Å²) in [6.07, 6.45) is 6.60. The van der Waals surface area contributed by atoms with Gasteiger partial charge in [-0.25, -0.2) is 19.6 Å². The van der Waals surface area contributed by atoms with Gasteiger partial charge in [0.2, 0.25) is 11.8 Å². The second-order valence-electron chi connectivity index (χ2n) is 12.6. The van der Waals surface area contributed by atoms with Crippen LogP contribution in [0.4, 0.5) is 16.6 Å². The summed E-state index contributed by atoms with van der Waals surface area (Å²) in [6, 6.07) is 13.1. The van der Waals surface area contributed by atoms with Gasteiger partial charge in [0.25, 0.3) is 0 Å². The van der Waals surface area contributed by atoms with Gasteiger partial charge in [-0.05, 0) is 62.3 Å². The van der Waals surface area contributed by atoms with E-state index in [1.807, 2.05) is 67.8 Å². The van der Waals surface area contributed by atoms with E-state index in [0.717, 1.165) is 47.9 Å². The van der Waals surface area contributed by atoms with Crippen molar-refractivity contribution in [3.63, 3.8) is 0 Å². The molecule has 0 bridgehead atoms. The molecule has 1 saturated heterocycles. The van der Waals surface area contributed by atoms with Gasteiger partial charge in [0.05, 0.1) is 17.9 Å². The van der Waals surface area contributed by atoms with Crippen molar-refractivity contribution < 1.29 is 19.4 Å². The molecule has 44 heavy (non-hydrogen) atoms. The monoisotopic (exact) mass is 598 g/mol. The molecule has 6 rings (SSSR count). The van der Waals surface area contributed by atoms with Crippen LogP contribution in [0.1, 0.15) is 99.4 Å². The van der Waals surface area contributed by atoms with Gasteiger partial charge >= 0.3 is 12.0 Å². The van der Waals surface area contributed by atoms with Crippen molar-refractivity contribution in [3.05, 3.63) is 71.3 Å². The quantitative estimate of drug-likeness (QED) is 0.255. The number of fused-ring (bicyclic) bond motifs is 2. The Bertz CT molecular complexity index is 1700. The fourth-order valence-electron chi connectivity index (χ4n) is 6.01. The second-order valence-corrected chi connectivity index (χ2v) is 12.6. The lowest BCUT2D eigenvalue weighted by molar-refractivity contribution is 0.0683. The SMILES string of the molecule is C[C@H]1CCCCN1c1nnc2ccc(O[C@@H]3CC[C@H](NC(=O)Nc4cc(C(C)(C)C)nc(C(=O)O)n4)c4ccccc43)cn12. The first-order chi connectivity index (χ1) is 21.1. The summed E-state index contributed by atoms with van der Waals surface area (Å²) >= 11 is 0. The third kappa shape index (κ3) is 6.01. The average Bonchev–Trinajstić information content (AvgIpc) is 3.41. The van der Waals surface area contributed by atoms with E-state index in [0.29, 0.717) is 24.6 Å². The zero-order valence-corrected chi connectivity index (χ0v) is 25.4. The number of carboxylic acid groups (broad SMARTS) is 1. The molecule has 0 spiro atoms.